The van der Waals surface area contributed by atoms with E-state index in [1.54, 1.807) is 0 Å². The van der Waals surface area contributed by atoms with Crippen molar-refractivity contribution in [3.05, 3.63) is 36.0 Å². The second-order valence-corrected chi connectivity index (χ2v) is 5.17. The first-order chi connectivity index (χ1) is 10.3. The van der Waals surface area contributed by atoms with E-state index >= 15 is 0 Å². The fourth-order valence-electron chi connectivity index (χ4n) is 2.31. The summed E-state index contributed by atoms with van der Waals surface area (Å²) in [6.07, 6.45) is 4.25. The quantitative estimate of drug-likeness (QED) is 0.840. The molecular formula is C15H19N3O3. The summed E-state index contributed by atoms with van der Waals surface area (Å²) in [6.45, 7) is 3.34. The summed E-state index contributed by atoms with van der Waals surface area (Å²) < 4.78 is 15.7. The molecule has 1 aromatic carbocycles. The molecule has 1 aliphatic heterocycles. The molecule has 2 heterocycles. The van der Waals surface area contributed by atoms with Gasteiger partial charge in [0.1, 0.15) is 0 Å². The van der Waals surface area contributed by atoms with Gasteiger partial charge in [-0.05, 0) is 37.5 Å². The van der Waals surface area contributed by atoms with Crippen LogP contribution in [0.25, 0.3) is 0 Å². The van der Waals surface area contributed by atoms with Gasteiger partial charge in [-0.1, -0.05) is 11.2 Å². The van der Waals surface area contributed by atoms with Crippen LogP contribution in [0.5, 0.6) is 11.5 Å². The van der Waals surface area contributed by atoms with Crippen molar-refractivity contribution < 1.29 is 14.0 Å². The van der Waals surface area contributed by atoms with Gasteiger partial charge in [0.05, 0.1) is 0 Å². The number of nitrogens with one attached hydrogen (secondary N) is 1. The molecule has 21 heavy (non-hydrogen) atoms. The second kappa shape index (κ2) is 6.58. The van der Waals surface area contributed by atoms with Crippen molar-refractivity contribution in [1.29, 1.82) is 0 Å². The first-order valence-corrected chi connectivity index (χ1v) is 7.19. The topological polar surface area (TPSA) is 69.4 Å². The predicted octanol–water partition coefficient (Wildman–Crippen LogP) is 1.95. The van der Waals surface area contributed by atoms with Crippen molar-refractivity contribution in [2.45, 2.75) is 32.2 Å². The molecular weight excluding hydrogens is 270 g/mol. The predicted molar refractivity (Wildman–Crippen MR) is 76.4 cm³/mol. The molecule has 0 fully saturated rings. The number of nitrogens with zero attached hydrogens (tertiary/aromatic N) is 2. The monoisotopic (exact) mass is 289 g/mol. The highest BCUT2D eigenvalue weighted by Crippen LogP contribution is 2.32. The smallest absolute Gasteiger partial charge is 0.231 e. The molecule has 1 atom stereocenters. The third kappa shape index (κ3) is 3.72. The van der Waals surface area contributed by atoms with Gasteiger partial charge in [0.25, 0.3) is 0 Å². The summed E-state index contributed by atoms with van der Waals surface area (Å²) in [6, 6.07) is 6.57. The Morgan fingerprint density at radius 2 is 2.14 bits per heavy atom. The summed E-state index contributed by atoms with van der Waals surface area (Å²) in [7, 11) is 0. The third-order valence-electron chi connectivity index (χ3n) is 3.54. The Kier molecular flexibility index (Phi) is 4.35. The lowest BCUT2D eigenvalue weighted by atomic mass is 10.1. The van der Waals surface area contributed by atoms with Crippen LogP contribution < -0.4 is 14.8 Å². The zero-order chi connectivity index (χ0) is 14.5. The number of hydrogen-bond acceptors (Lipinski definition) is 6. The summed E-state index contributed by atoms with van der Waals surface area (Å²) in [5.41, 5.74) is 1.27. The maximum Gasteiger partial charge on any atom is 0.231 e. The van der Waals surface area contributed by atoms with Crippen LogP contribution in [0, 0.1) is 0 Å². The molecule has 1 N–H and O–H groups in total. The van der Waals surface area contributed by atoms with E-state index in [2.05, 4.69) is 34.5 Å². The standard InChI is InChI=1S/C15H19N3O3/c1-11(16-7-6-15-17-9-18-21-15)2-3-12-4-5-13-14(8-12)20-10-19-13/h4-5,8-9,11,16H,2-3,6-7,10H2,1H3. The van der Waals surface area contributed by atoms with Crippen LogP contribution >= 0.6 is 0 Å². The van der Waals surface area contributed by atoms with Crippen molar-refractivity contribution in [3.8, 4) is 11.5 Å². The average Bonchev–Trinajstić information content (AvgIpc) is 3.15. The van der Waals surface area contributed by atoms with Crippen LogP contribution in [-0.2, 0) is 12.8 Å². The molecule has 3 rings (SSSR count). The molecule has 0 amide bonds. The van der Waals surface area contributed by atoms with Crippen molar-refractivity contribution in [2.24, 2.45) is 0 Å². The van der Waals surface area contributed by atoms with E-state index in [1.165, 1.54) is 11.9 Å². The van der Waals surface area contributed by atoms with Crippen LogP contribution in [0.15, 0.2) is 29.0 Å². The van der Waals surface area contributed by atoms with Gasteiger partial charge in [-0.25, -0.2) is 0 Å². The largest absolute Gasteiger partial charge is 0.454 e. The number of ether oxygens (including phenoxy) is 2. The van der Waals surface area contributed by atoms with E-state index in [0.717, 1.165) is 37.3 Å². The van der Waals surface area contributed by atoms with Crippen LogP contribution in [0.1, 0.15) is 24.8 Å². The van der Waals surface area contributed by atoms with E-state index in [1.807, 2.05) is 6.07 Å². The van der Waals surface area contributed by atoms with Crippen molar-refractivity contribution >= 4 is 0 Å². The Morgan fingerprint density at radius 3 is 3.00 bits per heavy atom. The zero-order valence-corrected chi connectivity index (χ0v) is 12.0. The SMILES string of the molecule is CC(CCc1ccc2c(c1)OCO2)NCCc1ncno1. The highest BCUT2D eigenvalue weighted by Gasteiger charge is 2.13. The van der Waals surface area contributed by atoms with E-state index in [-0.39, 0.29) is 0 Å². The molecule has 0 bridgehead atoms. The lowest BCUT2D eigenvalue weighted by Gasteiger charge is -2.13. The fraction of sp³-hybridized carbons (Fsp3) is 0.467. The number of rotatable bonds is 7. The van der Waals surface area contributed by atoms with Gasteiger partial charge < -0.3 is 19.3 Å². The Balaban J connectivity index is 1.40. The molecule has 0 aliphatic carbocycles. The molecule has 1 aromatic heterocycles. The van der Waals surface area contributed by atoms with Crippen LogP contribution in [0.4, 0.5) is 0 Å². The van der Waals surface area contributed by atoms with Gasteiger partial charge in [-0.2, -0.15) is 4.98 Å². The minimum atomic E-state index is 0.326. The molecule has 0 saturated heterocycles. The summed E-state index contributed by atoms with van der Waals surface area (Å²) in [5, 5.41) is 7.05. The van der Waals surface area contributed by atoms with Gasteiger partial charge >= 0.3 is 0 Å². The van der Waals surface area contributed by atoms with Crippen molar-refractivity contribution in [2.75, 3.05) is 13.3 Å². The minimum absolute atomic E-state index is 0.326. The lowest BCUT2D eigenvalue weighted by molar-refractivity contribution is 0.174. The van der Waals surface area contributed by atoms with E-state index in [9.17, 15) is 0 Å². The van der Waals surface area contributed by atoms with Gasteiger partial charge in [0.2, 0.25) is 12.7 Å². The molecule has 1 unspecified atom stereocenters. The summed E-state index contributed by atoms with van der Waals surface area (Å²) in [4.78, 5) is 4.00. The van der Waals surface area contributed by atoms with Gasteiger partial charge in [0, 0.05) is 19.0 Å². The molecule has 6 heteroatoms. The molecule has 1 aliphatic rings. The molecule has 112 valence electrons. The first kappa shape index (κ1) is 13.9. The Hall–Kier alpha value is -2.08. The lowest BCUT2D eigenvalue weighted by Crippen LogP contribution is -2.28. The fourth-order valence-corrected chi connectivity index (χ4v) is 2.31. The highest BCUT2D eigenvalue weighted by atomic mass is 16.7. The zero-order valence-electron chi connectivity index (χ0n) is 12.0. The molecule has 6 nitrogen and oxygen atoms in total. The molecule has 2 aromatic rings. The van der Waals surface area contributed by atoms with Crippen LogP contribution in [0.3, 0.4) is 0 Å². The maximum atomic E-state index is 5.39. The van der Waals surface area contributed by atoms with Gasteiger partial charge in [-0.3, -0.25) is 0 Å². The second-order valence-electron chi connectivity index (χ2n) is 5.17. The third-order valence-corrected chi connectivity index (χ3v) is 3.54. The van der Waals surface area contributed by atoms with Crippen LogP contribution in [-0.4, -0.2) is 29.5 Å². The molecule has 0 radical (unpaired) electrons. The average molecular weight is 289 g/mol. The number of hydrogen-bond donors (Lipinski definition) is 1. The number of benzene rings is 1. The number of aryl methyl sites for hydroxylation is 1. The number of aromatic nitrogens is 2. The Morgan fingerprint density at radius 1 is 1.24 bits per heavy atom. The summed E-state index contributed by atoms with van der Waals surface area (Å²) in [5.74, 6) is 2.36. The highest BCUT2D eigenvalue weighted by molar-refractivity contribution is 5.44. The normalized spacial score (nSPS) is 14.3. The maximum absolute atomic E-state index is 5.39. The Labute approximate surface area is 123 Å². The van der Waals surface area contributed by atoms with E-state index < -0.39 is 0 Å². The van der Waals surface area contributed by atoms with Gasteiger partial charge in [-0.15, -0.1) is 0 Å². The van der Waals surface area contributed by atoms with E-state index in [4.69, 9.17) is 14.0 Å². The number of fused-ring (bicyclic) bond motifs is 1. The van der Waals surface area contributed by atoms with E-state index in [0.29, 0.717) is 18.7 Å². The Bertz CT molecular complexity index is 572. The molecule has 0 saturated carbocycles. The summed E-state index contributed by atoms with van der Waals surface area (Å²) >= 11 is 0. The minimum Gasteiger partial charge on any atom is -0.454 e. The van der Waals surface area contributed by atoms with Crippen LogP contribution in [0.2, 0.25) is 0 Å². The molecule has 0 spiro atoms. The van der Waals surface area contributed by atoms with Gasteiger partial charge in [0.15, 0.2) is 17.8 Å². The van der Waals surface area contributed by atoms with Crippen molar-refractivity contribution in [3.63, 3.8) is 0 Å². The first-order valence-electron chi connectivity index (χ1n) is 7.19. The van der Waals surface area contributed by atoms with Crippen molar-refractivity contribution in [1.82, 2.24) is 15.5 Å².